The fourth-order valence-electron chi connectivity index (χ4n) is 3.44. The fourth-order valence-corrected chi connectivity index (χ4v) is 3.44. The molecule has 2 N–H and O–H groups in total. The zero-order chi connectivity index (χ0) is 20.9. The maximum absolute atomic E-state index is 12.5. The number of aromatic nitrogens is 2. The van der Waals surface area contributed by atoms with E-state index >= 15 is 0 Å². The third-order valence-electron chi connectivity index (χ3n) is 5.02. The van der Waals surface area contributed by atoms with Crippen molar-refractivity contribution in [2.75, 3.05) is 13.2 Å². The highest BCUT2D eigenvalue weighted by atomic mass is 16.6. The largest absolute Gasteiger partial charge is 0.486 e. The van der Waals surface area contributed by atoms with Gasteiger partial charge in [-0.15, -0.1) is 0 Å². The van der Waals surface area contributed by atoms with Gasteiger partial charge in [0.15, 0.2) is 11.5 Å². The number of hydrogen-bond acceptors (Lipinski definition) is 5. The van der Waals surface area contributed by atoms with Crippen molar-refractivity contribution in [1.82, 2.24) is 14.9 Å². The number of benzene rings is 2. The van der Waals surface area contributed by atoms with Crippen LogP contribution in [0.1, 0.15) is 19.3 Å². The average molecular weight is 409 g/mol. The van der Waals surface area contributed by atoms with Gasteiger partial charge in [0, 0.05) is 13.0 Å². The maximum atomic E-state index is 12.5. The Hall–Kier alpha value is -3.55. The molecule has 8 nitrogen and oxygen atoms in total. The number of ether oxygens (including phenoxy) is 2. The van der Waals surface area contributed by atoms with Crippen molar-refractivity contribution >= 4 is 16.8 Å². The van der Waals surface area contributed by atoms with Gasteiger partial charge in [0.25, 0.3) is 5.56 Å². The van der Waals surface area contributed by atoms with Gasteiger partial charge in [0.2, 0.25) is 5.91 Å². The molecule has 1 aromatic heterocycles. The molecule has 0 saturated carbocycles. The summed E-state index contributed by atoms with van der Waals surface area (Å²) in [7, 11) is 0. The average Bonchev–Trinajstić information content (AvgIpc) is 2.77. The van der Waals surface area contributed by atoms with Crippen molar-refractivity contribution in [1.29, 1.82) is 0 Å². The predicted molar refractivity (Wildman–Crippen MR) is 112 cm³/mol. The number of carbonyl (C=O) groups is 1. The number of hydrogen-bond donors (Lipinski definition) is 2. The zero-order valence-corrected chi connectivity index (χ0v) is 16.4. The quantitative estimate of drug-likeness (QED) is 0.580. The zero-order valence-electron chi connectivity index (χ0n) is 16.4. The molecule has 0 spiro atoms. The molecular formula is C22H23N3O5. The second-order valence-corrected chi connectivity index (χ2v) is 7.19. The lowest BCUT2D eigenvalue weighted by molar-refractivity contribution is -0.121. The van der Waals surface area contributed by atoms with E-state index < -0.39 is 5.69 Å². The highest BCUT2D eigenvalue weighted by Gasteiger charge is 2.20. The van der Waals surface area contributed by atoms with E-state index in [-0.39, 0.29) is 24.1 Å². The van der Waals surface area contributed by atoms with Crippen molar-refractivity contribution in [3.05, 3.63) is 69.4 Å². The minimum Gasteiger partial charge on any atom is -0.486 e. The van der Waals surface area contributed by atoms with Gasteiger partial charge in [-0.2, -0.15) is 0 Å². The number of unbranched alkanes of at least 4 members (excludes halogenated alkanes) is 1. The summed E-state index contributed by atoms with van der Waals surface area (Å²) in [5, 5.41) is 3.33. The molecule has 0 radical (unpaired) electrons. The van der Waals surface area contributed by atoms with E-state index in [9.17, 15) is 14.4 Å². The molecule has 8 heteroatoms. The summed E-state index contributed by atoms with van der Waals surface area (Å²) in [5.74, 6) is 1.28. The summed E-state index contributed by atoms with van der Waals surface area (Å²) in [6.45, 7) is 1.00. The Bertz CT molecular complexity index is 1170. The van der Waals surface area contributed by atoms with Crippen LogP contribution in [0.4, 0.5) is 0 Å². The van der Waals surface area contributed by atoms with Gasteiger partial charge in [0.1, 0.15) is 12.7 Å². The van der Waals surface area contributed by atoms with Crippen molar-refractivity contribution in [2.24, 2.45) is 0 Å². The molecule has 0 aliphatic carbocycles. The van der Waals surface area contributed by atoms with Crippen LogP contribution in [0.3, 0.4) is 0 Å². The second kappa shape index (κ2) is 8.86. The smallest absolute Gasteiger partial charge is 0.328 e. The molecule has 2 aromatic carbocycles. The standard InChI is InChI=1S/C22H23N3O5/c26-20(23-13-15-14-29-18-9-3-4-10-19(18)30-15)11-5-6-12-25-21(27)16-7-1-2-8-17(16)24-22(25)28/h1-4,7-10,15H,5-6,11-14H2,(H,23,26)(H,24,28). The molecule has 156 valence electrons. The van der Waals surface area contributed by atoms with Crippen LogP contribution in [0.5, 0.6) is 11.5 Å². The minimum absolute atomic E-state index is 0.0998. The lowest BCUT2D eigenvalue weighted by Gasteiger charge is -2.26. The van der Waals surface area contributed by atoms with E-state index in [4.69, 9.17) is 9.47 Å². The Morgan fingerprint density at radius 1 is 1.07 bits per heavy atom. The van der Waals surface area contributed by atoms with Crippen LogP contribution < -0.4 is 26.0 Å². The van der Waals surface area contributed by atoms with Crippen LogP contribution in [-0.4, -0.2) is 34.7 Å². The molecule has 1 unspecified atom stereocenters. The molecule has 0 saturated heterocycles. The van der Waals surface area contributed by atoms with Crippen LogP contribution in [0.15, 0.2) is 58.1 Å². The summed E-state index contributed by atoms with van der Waals surface area (Å²) in [6, 6.07) is 14.3. The monoisotopic (exact) mass is 409 g/mol. The normalized spacial score (nSPS) is 15.1. The van der Waals surface area contributed by atoms with Crippen LogP contribution >= 0.6 is 0 Å². The van der Waals surface area contributed by atoms with Gasteiger partial charge in [-0.05, 0) is 37.1 Å². The topological polar surface area (TPSA) is 102 Å². The van der Waals surface area contributed by atoms with Crippen molar-refractivity contribution in [3.8, 4) is 11.5 Å². The Morgan fingerprint density at radius 2 is 1.83 bits per heavy atom. The molecule has 1 aliphatic rings. The third kappa shape index (κ3) is 4.37. The first-order valence-electron chi connectivity index (χ1n) is 9.99. The molecule has 1 amide bonds. The van der Waals surface area contributed by atoms with Gasteiger partial charge < -0.3 is 19.8 Å². The van der Waals surface area contributed by atoms with E-state index in [1.165, 1.54) is 4.57 Å². The maximum Gasteiger partial charge on any atom is 0.328 e. The lowest BCUT2D eigenvalue weighted by Crippen LogP contribution is -2.40. The van der Waals surface area contributed by atoms with Gasteiger partial charge in [0.05, 0.1) is 17.4 Å². The number of carbonyl (C=O) groups excluding carboxylic acids is 1. The van der Waals surface area contributed by atoms with Crippen LogP contribution in [-0.2, 0) is 11.3 Å². The lowest BCUT2D eigenvalue weighted by atomic mass is 10.2. The van der Waals surface area contributed by atoms with Gasteiger partial charge >= 0.3 is 5.69 Å². The van der Waals surface area contributed by atoms with E-state index in [1.807, 2.05) is 24.3 Å². The molecule has 1 atom stereocenters. The van der Waals surface area contributed by atoms with Crippen molar-refractivity contribution in [2.45, 2.75) is 31.9 Å². The number of aromatic amines is 1. The first-order valence-corrected chi connectivity index (χ1v) is 9.99. The molecule has 2 heterocycles. The summed E-state index contributed by atoms with van der Waals surface area (Å²) < 4.78 is 12.6. The number of nitrogens with zero attached hydrogens (tertiary/aromatic N) is 1. The van der Waals surface area contributed by atoms with E-state index in [0.29, 0.717) is 54.8 Å². The summed E-state index contributed by atoms with van der Waals surface area (Å²) in [5.41, 5.74) is -0.217. The highest BCUT2D eigenvalue weighted by Crippen LogP contribution is 2.30. The molecule has 1 aliphatic heterocycles. The Balaban J connectivity index is 1.23. The Labute approximate surface area is 172 Å². The van der Waals surface area contributed by atoms with Crippen molar-refractivity contribution < 1.29 is 14.3 Å². The summed E-state index contributed by atoms with van der Waals surface area (Å²) in [6.07, 6.45) is 1.18. The molecule has 30 heavy (non-hydrogen) atoms. The number of amides is 1. The second-order valence-electron chi connectivity index (χ2n) is 7.19. The Kier molecular flexibility index (Phi) is 5.83. The number of rotatable bonds is 7. The molecule has 0 fully saturated rings. The van der Waals surface area contributed by atoms with Crippen LogP contribution in [0.25, 0.3) is 10.9 Å². The molecule has 3 aromatic rings. The van der Waals surface area contributed by atoms with Crippen LogP contribution in [0, 0.1) is 0 Å². The molecule has 4 rings (SSSR count). The number of nitrogens with one attached hydrogen (secondary N) is 2. The Morgan fingerprint density at radius 3 is 2.70 bits per heavy atom. The first-order chi connectivity index (χ1) is 14.6. The third-order valence-corrected chi connectivity index (χ3v) is 5.02. The number of para-hydroxylation sites is 3. The SMILES string of the molecule is O=C(CCCCn1c(=O)[nH]c2ccccc2c1=O)NCC1COc2ccccc2O1. The van der Waals surface area contributed by atoms with Gasteiger partial charge in [-0.25, -0.2) is 4.79 Å². The number of H-pyrrole nitrogens is 1. The van der Waals surface area contributed by atoms with E-state index in [0.717, 1.165) is 0 Å². The predicted octanol–water partition coefficient (Wildman–Crippen LogP) is 1.82. The minimum atomic E-state index is -0.433. The number of fused-ring (bicyclic) bond motifs is 2. The highest BCUT2D eigenvalue weighted by molar-refractivity contribution is 5.77. The van der Waals surface area contributed by atoms with Gasteiger partial charge in [-0.3, -0.25) is 14.2 Å². The van der Waals surface area contributed by atoms with E-state index in [2.05, 4.69) is 10.3 Å². The van der Waals surface area contributed by atoms with E-state index in [1.54, 1.807) is 24.3 Å². The summed E-state index contributed by atoms with van der Waals surface area (Å²) in [4.78, 5) is 39.5. The molecular weight excluding hydrogens is 386 g/mol. The van der Waals surface area contributed by atoms with Crippen LogP contribution in [0.2, 0.25) is 0 Å². The molecule has 0 bridgehead atoms. The fraction of sp³-hybridized carbons (Fsp3) is 0.318. The van der Waals surface area contributed by atoms with Gasteiger partial charge in [-0.1, -0.05) is 24.3 Å². The first kappa shape index (κ1) is 19.8. The van der Waals surface area contributed by atoms with Crippen molar-refractivity contribution in [3.63, 3.8) is 0 Å². The summed E-state index contributed by atoms with van der Waals surface area (Å²) >= 11 is 0.